The van der Waals surface area contributed by atoms with Crippen LogP contribution < -0.4 is 10.2 Å². The third-order valence-electron chi connectivity index (χ3n) is 3.65. The lowest BCUT2D eigenvalue weighted by molar-refractivity contribution is 0.193. The van der Waals surface area contributed by atoms with E-state index in [1.54, 1.807) is 0 Å². The highest BCUT2D eigenvalue weighted by molar-refractivity contribution is 5.50. The topological polar surface area (TPSA) is 42.3 Å². The maximum Gasteiger partial charge on any atom is 0.131 e. The van der Waals surface area contributed by atoms with E-state index in [0.29, 0.717) is 6.04 Å². The molecular weight excluding hydrogens is 228 g/mol. The van der Waals surface area contributed by atoms with E-state index < -0.39 is 0 Å². The molecule has 5 heteroatoms. The molecule has 1 aromatic rings. The van der Waals surface area contributed by atoms with Gasteiger partial charge in [0.25, 0.3) is 0 Å². The first-order valence-corrected chi connectivity index (χ1v) is 6.69. The Hall–Kier alpha value is -1.07. The molecule has 1 N–H and O–H groups in total. The summed E-state index contributed by atoms with van der Waals surface area (Å²) in [4.78, 5) is 2.32. The summed E-state index contributed by atoms with van der Waals surface area (Å²) in [5, 5.41) is 7.94. The molecule has 0 bridgehead atoms. The second kappa shape index (κ2) is 5.71. The number of nitrogens with one attached hydrogen (secondary N) is 1. The highest BCUT2D eigenvalue weighted by Gasteiger charge is 2.25. The Morgan fingerprint density at radius 3 is 2.94 bits per heavy atom. The van der Waals surface area contributed by atoms with Gasteiger partial charge in [0.15, 0.2) is 0 Å². The second-order valence-electron chi connectivity index (χ2n) is 4.92. The van der Waals surface area contributed by atoms with Crippen molar-refractivity contribution in [3.05, 3.63) is 11.3 Å². The van der Waals surface area contributed by atoms with Crippen LogP contribution in [0.2, 0.25) is 0 Å². The minimum absolute atomic E-state index is 0.472. The van der Waals surface area contributed by atoms with Crippen molar-refractivity contribution in [2.24, 2.45) is 7.05 Å². The van der Waals surface area contributed by atoms with Crippen molar-refractivity contribution in [2.75, 3.05) is 31.7 Å². The van der Waals surface area contributed by atoms with Gasteiger partial charge >= 0.3 is 0 Å². The molecule has 1 aliphatic heterocycles. The molecule has 0 radical (unpaired) electrons. The molecule has 0 spiro atoms. The van der Waals surface area contributed by atoms with Gasteiger partial charge in [-0.3, -0.25) is 4.68 Å². The van der Waals surface area contributed by atoms with E-state index in [-0.39, 0.29) is 0 Å². The van der Waals surface area contributed by atoms with Gasteiger partial charge in [-0.2, -0.15) is 5.10 Å². The highest BCUT2D eigenvalue weighted by atomic mass is 16.5. The van der Waals surface area contributed by atoms with Gasteiger partial charge in [-0.25, -0.2) is 0 Å². The van der Waals surface area contributed by atoms with Gasteiger partial charge in [-0.05, 0) is 19.9 Å². The quantitative estimate of drug-likeness (QED) is 0.851. The van der Waals surface area contributed by atoms with E-state index in [2.05, 4.69) is 36.2 Å². The van der Waals surface area contributed by atoms with Crippen LogP contribution in [-0.2, 0) is 18.3 Å². The third-order valence-corrected chi connectivity index (χ3v) is 3.65. The number of hydrogen-bond donors (Lipinski definition) is 1. The van der Waals surface area contributed by atoms with Gasteiger partial charge in [-0.1, -0.05) is 6.92 Å². The van der Waals surface area contributed by atoms with Crippen LogP contribution in [0.1, 0.15) is 24.6 Å². The van der Waals surface area contributed by atoms with Gasteiger partial charge in [-0.15, -0.1) is 0 Å². The van der Waals surface area contributed by atoms with Crippen LogP contribution in [0, 0.1) is 6.92 Å². The third kappa shape index (κ3) is 2.52. The number of aromatic nitrogens is 2. The molecule has 1 aliphatic rings. The summed E-state index contributed by atoms with van der Waals surface area (Å²) in [6, 6.07) is 0.472. The predicted molar refractivity (Wildman–Crippen MR) is 73.0 cm³/mol. The molecule has 0 aliphatic carbocycles. The molecule has 1 atom stereocenters. The zero-order valence-electron chi connectivity index (χ0n) is 11.9. The largest absolute Gasteiger partial charge is 0.379 e. The fraction of sp³-hybridized carbons (Fsp3) is 0.769. The van der Waals surface area contributed by atoms with E-state index in [4.69, 9.17) is 4.74 Å². The molecule has 2 rings (SSSR count). The molecule has 2 heterocycles. The summed E-state index contributed by atoms with van der Waals surface area (Å²) in [6.45, 7) is 7.75. The first-order valence-electron chi connectivity index (χ1n) is 6.69. The molecule has 18 heavy (non-hydrogen) atoms. The molecule has 0 aromatic carbocycles. The van der Waals surface area contributed by atoms with Gasteiger partial charge in [0.1, 0.15) is 5.82 Å². The van der Waals surface area contributed by atoms with Crippen molar-refractivity contribution in [1.29, 1.82) is 0 Å². The van der Waals surface area contributed by atoms with Crippen molar-refractivity contribution in [3.8, 4) is 0 Å². The zero-order chi connectivity index (χ0) is 13.1. The zero-order valence-corrected chi connectivity index (χ0v) is 11.9. The van der Waals surface area contributed by atoms with Crippen LogP contribution >= 0.6 is 0 Å². The van der Waals surface area contributed by atoms with Crippen LogP contribution in [0.15, 0.2) is 0 Å². The minimum Gasteiger partial charge on any atom is -0.379 e. The molecule has 1 fully saturated rings. The maximum atomic E-state index is 5.48. The monoisotopic (exact) mass is 252 g/mol. The molecule has 0 saturated carbocycles. The Morgan fingerprint density at radius 1 is 1.56 bits per heavy atom. The molecule has 5 nitrogen and oxygen atoms in total. The van der Waals surface area contributed by atoms with Crippen molar-refractivity contribution in [2.45, 2.75) is 32.9 Å². The summed E-state index contributed by atoms with van der Waals surface area (Å²) in [7, 11) is 4.16. The standard InChI is InChI=1S/C13H24N4O/c1-5-14-8-12-10(2)15-17(4)13(12)16(3)11-6-7-18-9-11/h11,14H,5-9H2,1-4H3. The molecule has 1 aromatic heterocycles. The summed E-state index contributed by atoms with van der Waals surface area (Å²) in [5.74, 6) is 1.21. The Kier molecular flexibility index (Phi) is 4.24. The number of hydrogen-bond acceptors (Lipinski definition) is 4. The fourth-order valence-electron chi connectivity index (χ4n) is 2.59. The number of rotatable bonds is 5. The molecular formula is C13H24N4O. The van der Waals surface area contributed by atoms with Crippen molar-refractivity contribution in [1.82, 2.24) is 15.1 Å². The lowest BCUT2D eigenvalue weighted by Crippen LogP contribution is -2.34. The second-order valence-corrected chi connectivity index (χ2v) is 4.92. The first-order chi connectivity index (χ1) is 8.65. The normalized spacial score (nSPS) is 19.4. The van der Waals surface area contributed by atoms with Gasteiger partial charge < -0.3 is 15.0 Å². The van der Waals surface area contributed by atoms with Gasteiger partial charge in [0, 0.05) is 32.8 Å². The van der Waals surface area contributed by atoms with Gasteiger partial charge in [0.2, 0.25) is 0 Å². The van der Waals surface area contributed by atoms with Crippen LogP contribution in [-0.4, -0.2) is 42.6 Å². The van der Waals surface area contributed by atoms with Crippen molar-refractivity contribution < 1.29 is 4.74 Å². The molecule has 1 saturated heterocycles. The Labute approximate surface area is 109 Å². The fourth-order valence-corrected chi connectivity index (χ4v) is 2.59. The summed E-state index contributed by atoms with van der Waals surface area (Å²) in [5.41, 5.74) is 2.41. The van der Waals surface area contributed by atoms with Gasteiger partial charge in [0.05, 0.1) is 18.3 Å². The smallest absolute Gasteiger partial charge is 0.131 e. The Balaban J connectivity index is 2.23. The van der Waals surface area contributed by atoms with Crippen LogP contribution in [0.25, 0.3) is 0 Å². The molecule has 1 unspecified atom stereocenters. The molecule has 0 amide bonds. The number of aryl methyl sites for hydroxylation is 2. The minimum atomic E-state index is 0.472. The molecule has 102 valence electrons. The van der Waals surface area contributed by atoms with E-state index in [0.717, 1.165) is 38.4 Å². The summed E-state index contributed by atoms with van der Waals surface area (Å²) < 4.78 is 7.47. The SMILES string of the molecule is CCNCc1c(C)nn(C)c1N(C)C1CCOC1. The maximum absolute atomic E-state index is 5.48. The average Bonchev–Trinajstić information content (AvgIpc) is 2.94. The number of nitrogens with zero attached hydrogens (tertiary/aromatic N) is 3. The number of anilines is 1. The van der Waals surface area contributed by atoms with E-state index in [1.165, 1.54) is 11.4 Å². The first kappa shape index (κ1) is 13.4. The number of ether oxygens (including phenoxy) is 1. The van der Waals surface area contributed by atoms with Crippen LogP contribution in [0.5, 0.6) is 0 Å². The Bertz CT molecular complexity index is 396. The Morgan fingerprint density at radius 2 is 2.33 bits per heavy atom. The van der Waals surface area contributed by atoms with Crippen molar-refractivity contribution in [3.63, 3.8) is 0 Å². The summed E-state index contributed by atoms with van der Waals surface area (Å²) >= 11 is 0. The van der Waals surface area contributed by atoms with Crippen molar-refractivity contribution >= 4 is 5.82 Å². The predicted octanol–water partition coefficient (Wildman–Crippen LogP) is 1.06. The number of likely N-dealkylation sites (N-methyl/N-ethyl adjacent to an activating group) is 1. The highest BCUT2D eigenvalue weighted by Crippen LogP contribution is 2.26. The van der Waals surface area contributed by atoms with E-state index >= 15 is 0 Å². The van der Waals surface area contributed by atoms with Crippen LogP contribution in [0.4, 0.5) is 5.82 Å². The summed E-state index contributed by atoms with van der Waals surface area (Å²) in [6.07, 6.45) is 1.10. The van der Waals surface area contributed by atoms with E-state index in [9.17, 15) is 0 Å². The lowest BCUT2D eigenvalue weighted by Gasteiger charge is -2.26. The van der Waals surface area contributed by atoms with E-state index in [1.807, 2.05) is 11.7 Å². The van der Waals surface area contributed by atoms with Crippen LogP contribution in [0.3, 0.4) is 0 Å². The lowest BCUT2D eigenvalue weighted by atomic mass is 10.2. The average molecular weight is 252 g/mol.